The molecule has 0 bridgehead atoms. The SMILES string of the molecule is CCOC(=O)CC1(NC(=O)c2ccc3c(c2)CCCN3C(=O)CCc2ccc(C#N)cc2)CCCCC1. The molecule has 2 aromatic rings. The molecular weight excluding hydrogens is 466 g/mol. The van der Waals surface area contributed by atoms with Crippen LogP contribution in [0.5, 0.6) is 0 Å². The Labute approximate surface area is 218 Å². The number of hydrogen-bond acceptors (Lipinski definition) is 5. The maximum absolute atomic E-state index is 13.3. The van der Waals surface area contributed by atoms with Gasteiger partial charge in [-0.1, -0.05) is 31.4 Å². The zero-order valence-corrected chi connectivity index (χ0v) is 21.6. The number of nitrogens with zero attached hydrogens (tertiary/aromatic N) is 2. The topological polar surface area (TPSA) is 99.5 Å². The minimum absolute atomic E-state index is 0.0538. The summed E-state index contributed by atoms with van der Waals surface area (Å²) in [4.78, 5) is 40.5. The Morgan fingerprint density at radius 1 is 1.05 bits per heavy atom. The molecule has 0 aromatic heterocycles. The van der Waals surface area contributed by atoms with E-state index < -0.39 is 5.54 Å². The molecule has 0 saturated heterocycles. The molecule has 2 amide bonds. The molecule has 7 nitrogen and oxygen atoms in total. The van der Waals surface area contributed by atoms with Crippen LogP contribution in [0.1, 0.15) is 85.3 Å². The molecule has 37 heavy (non-hydrogen) atoms. The average Bonchev–Trinajstić information content (AvgIpc) is 2.91. The van der Waals surface area contributed by atoms with E-state index in [4.69, 9.17) is 10.00 Å². The minimum atomic E-state index is -0.565. The van der Waals surface area contributed by atoms with E-state index in [-0.39, 0.29) is 24.2 Å². The summed E-state index contributed by atoms with van der Waals surface area (Å²) < 4.78 is 5.18. The summed E-state index contributed by atoms with van der Waals surface area (Å²) in [5, 5.41) is 12.1. The number of ether oxygens (including phenoxy) is 1. The lowest BCUT2D eigenvalue weighted by Crippen LogP contribution is -2.51. The third-order valence-corrected chi connectivity index (χ3v) is 7.45. The highest BCUT2D eigenvalue weighted by molar-refractivity contribution is 5.98. The fraction of sp³-hybridized carbons (Fsp3) is 0.467. The Balaban J connectivity index is 1.44. The zero-order chi connectivity index (χ0) is 26.3. The van der Waals surface area contributed by atoms with Crippen molar-refractivity contribution in [2.24, 2.45) is 0 Å². The first-order valence-corrected chi connectivity index (χ1v) is 13.3. The Bertz CT molecular complexity index is 1180. The second-order valence-corrected chi connectivity index (χ2v) is 10.1. The van der Waals surface area contributed by atoms with Gasteiger partial charge < -0.3 is 15.0 Å². The lowest BCUT2D eigenvalue weighted by molar-refractivity contribution is -0.145. The molecule has 2 aliphatic rings. The summed E-state index contributed by atoms with van der Waals surface area (Å²) >= 11 is 0. The number of nitriles is 1. The van der Waals surface area contributed by atoms with Crippen molar-refractivity contribution in [1.82, 2.24) is 5.32 Å². The van der Waals surface area contributed by atoms with E-state index >= 15 is 0 Å². The molecule has 4 rings (SSSR count). The summed E-state index contributed by atoms with van der Waals surface area (Å²) in [7, 11) is 0. The van der Waals surface area contributed by atoms with Crippen LogP contribution in [0.2, 0.25) is 0 Å². The van der Waals surface area contributed by atoms with Crippen LogP contribution in [0.3, 0.4) is 0 Å². The summed E-state index contributed by atoms with van der Waals surface area (Å²) in [6.45, 7) is 2.78. The number of amides is 2. The van der Waals surface area contributed by atoms with Crippen molar-refractivity contribution in [3.63, 3.8) is 0 Å². The molecule has 0 spiro atoms. The minimum Gasteiger partial charge on any atom is -0.466 e. The first-order chi connectivity index (χ1) is 17.9. The van der Waals surface area contributed by atoms with Gasteiger partial charge in [0, 0.05) is 24.2 Å². The van der Waals surface area contributed by atoms with Gasteiger partial charge in [-0.2, -0.15) is 5.26 Å². The van der Waals surface area contributed by atoms with Crippen molar-refractivity contribution < 1.29 is 19.1 Å². The number of carbonyl (C=O) groups is 3. The van der Waals surface area contributed by atoms with Gasteiger partial charge in [0.2, 0.25) is 5.91 Å². The number of esters is 1. The molecule has 1 N–H and O–H groups in total. The third kappa shape index (κ3) is 6.56. The molecule has 0 radical (unpaired) electrons. The Morgan fingerprint density at radius 2 is 1.81 bits per heavy atom. The van der Waals surface area contributed by atoms with Crippen molar-refractivity contribution in [2.45, 2.75) is 76.7 Å². The van der Waals surface area contributed by atoms with Gasteiger partial charge in [-0.25, -0.2) is 0 Å². The van der Waals surface area contributed by atoms with Gasteiger partial charge in [-0.3, -0.25) is 14.4 Å². The molecule has 0 atom stereocenters. The van der Waals surface area contributed by atoms with Crippen LogP contribution in [0, 0.1) is 11.3 Å². The first-order valence-electron chi connectivity index (χ1n) is 13.3. The predicted molar refractivity (Wildman–Crippen MR) is 141 cm³/mol. The number of rotatable bonds is 8. The predicted octanol–water partition coefficient (Wildman–Crippen LogP) is 4.86. The normalized spacial score (nSPS) is 16.3. The van der Waals surface area contributed by atoms with Gasteiger partial charge in [0.1, 0.15) is 0 Å². The van der Waals surface area contributed by atoms with Crippen LogP contribution < -0.4 is 10.2 Å². The van der Waals surface area contributed by atoms with Crippen molar-refractivity contribution in [1.29, 1.82) is 5.26 Å². The fourth-order valence-electron chi connectivity index (χ4n) is 5.51. The summed E-state index contributed by atoms with van der Waals surface area (Å²) in [5.41, 5.74) is 3.48. The zero-order valence-electron chi connectivity index (χ0n) is 21.6. The highest BCUT2D eigenvalue weighted by Crippen LogP contribution is 2.33. The van der Waals surface area contributed by atoms with Crippen molar-refractivity contribution >= 4 is 23.5 Å². The van der Waals surface area contributed by atoms with Crippen molar-refractivity contribution in [2.75, 3.05) is 18.1 Å². The van der Waals surface area contributed by atoms with E-state index in [1.165, 1.54) is 0 Å². The molecule has 0 unspecified atom stereocenters. The lowest BCUT2D eigenvalue weighted by Gasteiger charge is -2.37. The van der Waals surface area contributed by atoms with Crippen LogP contribution in [-0.2, 0) is 27.2 Å². The van der Waals surface area contributed by atoms with Crippen LogP contribution >= 0.6 is 0 Å². The fourth-order valence-corrected chi connectivity index (χ4v) is 5.51. The number of aryl methyl sites for hydroxylation is 2. The second kappa shape index (κ2) is 12.1. The Kier molecular flexibility index (Phi) is 8.60. The Hall–Kier alpha value is -3.66. The largest absolute Gasteiger partial charge is 0.466 e. The molecule has 1 aliphatic carbocycles. The second-order valence-electron chi connectivity index (χ2n) is 10.1. The first kappa shape index (κ1) is 26.4. The number of fused-ring (bicyclic) bond motifs is 1. The van der Waals surface area contributed by atoms with E-state index in [0.29, 0.717) is 37.1 Å². The quantitative estimate of drug-likeness (QED) is 0.521. The molecule has 1 heterocycles. The highest BCUT2D eigenvalue weighted by Gasteiger charge is 2.37. The molecule has 7 heteroatoms. The van der Waals surface area contributed by atoms with E-state index in [1.54, 1.807) is 25.1 Å². The third-order valence-electron chi connectivity index (χ3n) is 7.45. The number of carbonyl (C=O) groups excluding carboxylic acids is 3. The summed E-state index contributed by atoms with van der Waals surface area (Å²) in [6, 6.07) is 15.0. The van der Waals surface area contributed by atoms with Crippen LogP contribution in [-0.4, -0.2) is 36.5 Å². The number of benzene rings is 2. The molecular formula is C30H35N3O4. The van der Waals surface area contributed by atoms with Gasteiger partial charge in [-0.05, 0) is 80.5 Å². The van der Waals surface area contributed by atoms with Gasteiger partial charge in [0.25, 0.3) is 5.91 Å². The van der Waals surface area contributed by atoms with E-state index in [2.05, 4.69) is 11.4 Å². The number of hydrogen-bond donors (Lipinski definition) is 1. The molecule has 1 fully saturated rings. The van der Waals surface area contributed by atoms with Crippen LogP contribution in [0.4, 0.5) is 5.69 Å². The standard InChI is InChI=1S/C30H35N3O4/c1-2-37-28(35)20-30(16-4-3-5-17-30)32-29(36)25-13-14-26-24(19-25)7-6-18-33(26)27(34)15-12-22-8-10-23(21-31)11-9-22/h8-11,13-14,19H,2-7,12,15-18,20H2,1H3,(H,32,36). The van der Waals surface area contributed by atoms with Gasteiger partial charge >= 0.3 is 5.97 Å². The molecule has 194 valence electrons. The summed E-state index contributed by atoms with van der Waals surface area (Å²) in [5.74, 6) is -0.401. The van der Waals surface area contributed by atoms with E-state index in [1.807, 2.05) is 29.2 Å². The number of nitrogens with one attached hydrogen (secondary N) is 1. The molecule has 2 aromatic carbocycles. The van der Waals surface area contributed by atoms with Crippen molar-refractivity contribution in [3.05, 3.63) is 64.7 Å². The van der Waals surface area contributed by atoms with E-state index in [0.717, 1.165) is 61.8 Å². The molecule has 1 saturated carbocycles. The Morgan fingerprint density at radius 3 is 2.51 bits per heavy atom. The maximum atomic E-state index is 13.3. The maximum Gasteiger partial charge on any atom is 0.308 e. The van der Waals surface area contributed by atoms with Gasteiger partial charge in [-0.15, -0.1) is 0 Å². The van der Waals surface area contributed by atoms with Crippen molar-refractivity contribution in [3.8, 4) is 6.07 Å². The smallest absolute Gasteiger partial charge is 0.308 e. The highest BCUT2D eigenvalue weighted by atomic mass is 16.5. The summed E-state index contributed by atoms with van der Waals surface area (Å²) in [6.07, 6.45) is 7.43. The van der Waals surface area contributed by atoms with E-state index in [9.17, 15) is 14.4 Å². The van der Waals surface area contributed by atoms with Gasteiger partial charge in [0.05, 0.1) is 30.2 Å². The van der Waals surface area contributed by atoms with Gasteiger partial charge in [0.15, 0.2) is 0 Å². The monoisotopic (exact) mass is 501 g/mol. The lowest BCUT2D eigenvalue weighted by atomic mass is 9.79. The molecule has 1 aliphatic heterocycles. The average molecular weight is 502 g/mol. The number of anilines is 1. The van der Waals surface area contributed by atoms with Crippen LogP contribution in [0.25, 0.3) is 0 Å². The van der Waals surface area contributed by atoms with Crippen LogP contribution in [0.15, 0.2) is 42.5 Å².